The second-order valence-electron chi connectivity index (χ2n) is 3.09. The summed E-state index contributed by atoms with van der Waals surface area (Å²) in [4.78, 5) is 0. The van der Waals surface area contributed by atoms with E-state index in [-0.39, 0.29) is 9.90 Å². The van der Waals surface area contributed by atoms with Crippen molar-refractivity contribution in [2.45, 2.75) is 0 Å². The zero-order valence-electron chi connectivity index (χ0n) is 8.58. The highest BCUT2D eigenvalue weighted by Gasteiger charge is 2.03. The first-order valence-corrected chi connectivity index (χ1v) is 7.12. The molecule has 0 aliphatic heterocycles. The zero-order chi connectivity index (χ0) is 10.7. The standard InChI is InChI=1S/C12H9Br2P.H3P/c13-10-7-4-8-11(12(10)14)15-9-5-2-1-3-6-9;/h1-8,15H;1H3. The third-order valence-corrected chi connectivity index (χ3v) is 5.73. The fourth-order valence-corrected chi connectivity index (χ4v) is 3.48. The molecule has 0 nitrogen and oxygen atoms in total. The second kappa shape index (κ2) is 6.87. The van der Waals surface area contributed by atoms with Crippen LogP contribution in [0.1, 0.15) is 0 Å². The maximum Gasteiger partial charge on any atom is 0.0394 e. The number of benzene rings is 2. The molecule has 0 aliphatic rings. The molecule has 0 saturated heterocycles. The molecule has 0 amide bonds. The molecule has 2 unspecified atom stereocenters. The van der Waals surface area contributed by atoms with Crippen LogP contribution >= 0.6 is 50.3 Å². The Labute approximate surface area is 118 Å². The average molecular weight is 378 g/mol. The van der Waals surface area contributed by atoms with Gasteiger partial charge in [0.25, 0.3) is 0 Å². The third kappa shape index (κ3) is 3.64. The summed E-state index contributed by atoms with van der Waals surface area (Å²) in [5.74, 6) is 0. The number of hydrogen-bond acceptors (Lipinski definition) is 0. The highest BCUT2D eigenvalue weighted by atomic mass is 79.9. The van der Waals surface area contributed by atoms with E-state index in [0.29, 0.717) is 8.58 Å². The SMILES string of the molecule is Brc1cccc(Pc2ccccc2)c1Br.P. The monoisotopic (exact) mass is 376 g/mol. The van der Waals surface area contributed by atoms with E-state index >= 15 is 0 Å². The Bertz CT molecular complexity index is 458. The Morgan fingerprint density at radius 3 is 2.19 bits per heavy atom. The molecule has 2 aromatic rings. The molecule has 0 spiro atoms. The van der Waals surface area contributed by atoms with Gasteiger partial charge < -0.3 is 0 Å². The number of hydrogen-bond donors (Lipinski definition) is 0. The summed E-state index contributed by atoms with van der Waals surface area (Å²) < 4.78 is 2.27. The van der Waals surface area contributed by atoms with Gasteiger partial charge in [-0.15, -0.1) is 0 Å². The molecule has 2 aromatic carbocycles. The molecule has 0 aliphatic carbocycles. The molecule has 0 heterocycles. The van der Waals surface area contributed by atoms with Crippen LogP contribution in [-0.4, -0.2) is 0 Å². The lowest BCUT2D eigenvalue weighted by Crippen LogP contribution is -2.04. The van der Waals surface area contributed by atoms with Gasteiger partial charge in [0.15, 0.2) is 0 Å². The Balaban J connectivity index is 0.00000128. The molecule has 0 saturated carbocycles. The maximum atomic E-state index is 3.60. The van der Waals surface area contributed by atoms with Crippen LogP contribution in [-0.2, 0) is 0 Å². The van der Waals surface area contributed by atoms with Crippen molar-refractivity contribution in [3.63, 3.8) is 0 Å². The lowest BCUT2D eigenvalue weighted by atomic mass is 10.4. The van der Waals surface area contributed by atoms with E-state index in [2.05, 4.69) is 68.3 Å². The van der Waals surface area contributed by atoms with Gasteiger partial charge in [0, 0.05) is 8.95 Å². The van der Waals surface area contributed by atoms with Gasteiger partial charge in [0.2, 0.25) is 0 Å². The summed E-state index contributed by atoms with van der Waals surface area (Å²) in [7, 11) is 0.695. The molecule has 84 valence electrons. The molecule has 0 aromatic heterocycles. The zero-order valence-corrected chi connectivity index (χ0v) is 14.2. The summed E-state index contributed by atoms with van der Waals surface area (Å²) >= 11 is 7.11. The molecule has 16 heavy (non-hydrogen) atoms. The number of rotatable bonds is 2. The van der Waals surface area contributed by atoms with Gasteiger partial charge in [-0.3, -0.25) is 0 Å². The van der Waals surface area contributed by atoms with E-state index in [4.69, 9.17) is 0 Å². The van der Waals surface area contributed by atoms with Gasteiger partial charge in [-0.25, -0.2) is 0 Å². The van der Waals surface area contributed by atoms with Gasteiger partial charge in [-0.05, 0) is 48.5 Å². The van der Waals surface area contributed by atoms with Crippen molar-refractivity contribution in [3.05, 3.63) is 57.5 Å². The molecule has 0 bridgehead atoms. The van der Waals surface area contributed by atoms with Crippen LogP contribution in [0, 0.1) is 0 Å². The summed E-state index contributed by atoms with van der Waals surface area (Å²) in [5, 5.41) is 2.69. The van der Waals surface area contributed by atoms with Crippen molar-refractivity contribution in [2.75, 3.05) is 0 Å². The molecular weight excluding hydrogens is 366 g/mol. The highest BCUT2D eigenvalue weighted by Crippen LogP contribution is 2.25. The minimum atomic E-state index is 0. The van der Waals surface area contributed by atoms with Crippen LogP contribution < -0.4 is 10.6 Å². The summed E-state index contributed by atoms with van der Waals surface area (Å²) in [6.07, 6.45) is 0. The molecule has 0 N–H and O–H groups in total. The van der Waals surface area contributed by atoms with Crippen molar-refractivity contribution in [2.24, 2.45) is 0 Å². The van der Waals surface area contributed by atoms with Crippen LogP contribution in [0.5, 0.6) is 0 Å². The van der Waals surface area contributed by atoms with Gasteiger partial charge >= 0.3 is 0 Å². The fourth-order valence-electron chi connectivity index (χ4n) is 1.28. The normalized spacial score (nSPS) is 10.4. The van der Waals surface area contributed by atoms with Crippen LogP contribution in [0.15, 0.2) is 57.5 Å². The van der Waals surface area contributed by atoms with Crippen LogP contribution in [0.3, 0.4) is 0 Å². The molecular formula is C12H12Br2P2. The van der Waals surface area contributed by atoms with Crippen molar-refractivity contribution in [1.82, 2.24) is 0 Å². The van der Waals surface area contributed by atoms with Gasteiger partial charge in [0.1, 0.15) is 0 Å². The van der Waals surface area contributed by atoms with E-state index in [9.17, 15) is 0 Å². The smallest absolute Gasteiger partial charge is 0.0394 e. The Morgan fingerprint density at radius 2 is 1.50 bits per heavy atom. The summed E-state index contributed by atoms with van der Waals surface area (Å²) in [6, 6.07) is 16.8. The predicted molar refractivity (Wildman–Crippen MR) is 87.0 cm³/mol. The van der Waals surface area contributed by atoms with E-state index < -0.39 is 0 Å². The fraction of sp³-hybridized carbons (Fsp3) is 0. The Hall–Kier alpha value is 0.260. The molecule has 2 rings (SSSR count). The van der Waals surface area contributed by atoms with Crippen molar-refractivity contribution in [3.8, 4) is 0 Å². The lowest BCUT2D eigenvalue weighted by Gasteiger charge is -2.06. The Kier molecular flexibility index (Phi) is 6.15. The van der Waals surface area contributed by atoms with Crippen molar-refractivity contribution in [1.29, 1.82) is 0 Å². The minimum absolute atomic E-state index is 0. The molecule has 0 radical (unpaired) electrons. The van der Waals surface area contributed by atoms with E-state index in [1.165, 1.54) is 10.6 Å². The van der Waals surface area contributed by atoms with Gasteiger partial charge in [-0.1, -0.05) is 51.0 Å². The lowest BCUT2D eigenvalue weighted by molar-refractivity contribution is 1.65. The molecule has 2 atom stereocenters. The quantitative estimate of drug-likeness (QED) is 0.696. The predicted octanol–water partition coefficient (Wildman–Crippen LogP) is 3.90. The summed E-state index contributed by atoms with van der Waals surface area (Å²) in [5.41, 5.74) is 0. The van der Waals surface area contributed by atoms with Crippen LogP contribution in [0.4, 0.5) is 0 Å². The first-order valence-electron chi connectivity index (χ1n) is 4.53. The van der Waals surface area contributed by atoms with Crippen molar-refractivity contribution >= 4 is 60.9 Å². The largest absolute Gasteiger partial charge is 0.153 e. The van der Waals surface area contributed by atoms with E-state index in [0.717, 1.165) is 8.95 Å². The topological polar surface area (TPSA) is 0 Å². The minimum Gasteiger partial charge on any atom is -0.153 e. The highest BCUT2D eigenvalue weighted by molar-refractivity contribution is 9.13. The number of halogens is 2. The molecule has 4 heteroatoms. The summed E-state index contributed by atoms with van der Waals surface area (Å²) in [6.45, 7) is 0. The maximum absolute atomic E-state index is 3.60. The molecule has 0 fully saturated rings. The van der Waals surface area contributed by atoms with Crippen molar-refractivity contribution < 1.29 is 0 Å². The average Bonchev–Trinajstić information content (AvgIpc) is 2.26. The third-order valence-electron chi connectivity index (χ3n) is 2.00. The van der Waals surface area contributed by atoms with E-state index in [1.54, 1.807) is 0 Å². The van der Waals surface area contributed by atoms with Crippen LogP contribution in [0.2, 0.25) is 0 Å². The second-order valence-corrected chi connectivity index (χ2v) is 6.11. The van der Waals surface area contributed by atoms with Gasteiger partial charge in [-0.2, -0.15) is 9.90 Å². The first-order chi connectivity index (χ1) is 7.27. The van der Waals surface area contributed by atoms with E-state index in [1.807, 2.05) is 12.1 Å². The first kappa shape index (κ1) is 14.3. The Morgan fingerprint density at radius 1 is 0.812 bits per heavy atom. The van der Waals surface area contributed by atoms with Gasteiger partial charge in [0.05, 0.1) is 0 Å². The van der Waals surface area contributed by atoms with Crippen LogP contribution in [0.25, 0.3) is 0 Å².